The van der Waals surface area contributed by atoms with E-state index in [4.69, 9.17) is 10.8 Å². The van der Waals surface area contributed by atoms with E-state index in [1.165, 1.54) is 0 Å². The number of carboxylic acids is 1. The standard InChI is InChI=1S/C9H17NO2/c1-9(2)4-6(5-9)3-7(10)8(11)12/h6-7H,3-5,10H2,1-2H3,(H,11,12)/t7-/m1/s1. The Morgan fingerprint density at radius 1 is 1.67 bits per heavy atom. The van der Waals surface area contributed by atoms with E-state index < -0.39 is 12.0 Å². The van der Waals surface area contributed by atoms with Gasteiger partial charge in [0.15, 0.2) is 0 Å². The fourth-order valence-electron chi connectivity index (χ4n) is 2.13. The van der Waals surface area contributed by atoms with E-state index in [2.05, 4.69) is 13.8 Å². The molecule has 0 amide bonds. The SMILES string of the molecule is CC1(C)CC(C[C@@H](N)C(=O)O)C1. The minimum absolute atomic E-state index is 0.420. The molecule has 12 heavy (non-hydrogen) atoms. The van der Waals surface area contributed by atoms with Crippen LogP contribution in [0.4, 0.5) is 0 Å². The average molecular weight is 171 g/mol. The molecule has 0 bridgehead atoms. The van der Waals surface area contributed by atoms with E-state index in [0.29, 0.717) is 17.8 Å². The summed E-state index contributed by atoms with van der Waals surface area (Å²) in [5.41, 5.74) is 5.84. The Bertz CT molecular complexity index is 181. The van der Waals surface area contributed by atoms with Gasteiger partial charge in [0, 0.05) is 0 Å². The molecule has 1 saturated carbocycles. The molecule has 3 N–H and O–H groups in total. The second-order valence-electron chi connectivity index (χ2n) is 4.62. The van der Waals surface area contributed by atoms with Crippen LogP contribution in [-0.2, 0) is 4.79 Å². The molecule has 3 heteroatoms. The molecular weight excluding hydrogens is 154 g/mol. The fraction of sp³-hybridized carbons (Fsp3) is 0.889. The van der Waals surface area contributed by atoms with Gasteiger partial charge in [0.05, 0.1) is 0 Å². The molecule has 1 fully saturated rings. The van der Waals surface area contributed by atoms with Crippen molar-refractivity contribution in [3.63, 3.8) is 0 Å². The lowest BCUT2D eigenvalue weighted by Gasteiger charge is -2.43. The van der Waals surface area contributed by atoms with E-state index in [1.807, 2.05) is 0 Å². The maximum absolute atomic E-state index is 10.4. The Balaban J connectivity index is 2.23. The van der Waals surface area contributed by atoms with Crippen molar-refractivity contribution >= 4 is 5.97 Å². The zero-order valence-corrected chi connectivity index (χ0v) is 7.71. The molecule has 0 aromatic heterocycles. The highest BCUT2D eigenvalue weighted by Gasteiger charge is 2.37. The van der Waals surface area contributed by atoms with Crippen LogP contribution in [-0.4, -0.2) is 17.1 Å². The molecule has 1 aliphatic rings. The van der Waals surface area contributed by atoms with E-state index in [9.17, 15) is 4.79 Å². The lowest BCUT2D eigenvalue weighted by atomic mass is 9.63. The van der Waals surface area contributed by atoms with Crippen molar-refractivity contribution in [1.29, 1.82) is 0 Å². The lowest BCUT2D eigenvalue weighted by Crippen LogP contribution is -2.39. The molecule has 0 radical (unpaired) electrons. The van der Waals surface area contributed by atoms with Gasteiger partial charge in [-0.2, -0.15) is 0 Å². The largest absolute Gasteiger partial charge is 0.480 e. The molecular formula is C9H17NO2. The summed E-state index contributed by atoms with van der Waals surface area (Å²) in [6, 6.07) is -0.661. The summed E-state index contributed by atoms with van der Waals surface area (Å²) in [7, 11) is 0. The van der Waals surface area contributed by atoms with Crippen LogP contribution < -0.4 is 5.73 Å². The van der Waals surface area contributed by atoms with E-state index in [-0.39, 0.29) is 0 Å². The first kappa shape index (κ1) is 9.52. The van der Waals surface area contributed by atoms with Crippen LogP contribution in [0.1, 0.15) is 33.1 Å². The first-order valence-electron chi connectivity index (χ1n) is 4.39. The van der Waals surface area contributed by atoms with Gasteiger partial charge in [-0.1, -0.05) is 13.8 Å². The fourth-order valence-corrected chi connectivity index (χ4v) is 2.13. The predicted molar refractivity (Wildman–Crippen MR) is 46.7 cm³/mol. The number of hydrogen-bond donors (Lipinski definition) is 2. The average Bonchev–Trinajstić information content (AvgIpc) is 1.83. The van der Waals surface area contributed by atoms with E-state index >= 15 is 0 Å². The second-order valence-corrected chi connectivity index (χ2v) is 4.62. The van der Waals surface area contributed by atoms with Crippen molar-refractivity contribution in [2.45, 2.75) is 39.2 Å². The molecule has 0 spiro atoms. The van der Waals surface area contributed by atoms with Crippen molar-refractivity contribution in [2.24, 2.45) is 17.1 Å². The van der Waals surface area contributed by atoms with Crippen molar-refractivity contribution in [3.8, 4) is 0 Å². The van der Waals surface area contributed by atoms with Gasteiger partial charge in [0.25, 0.3) is 0 Å². The second kappa shape index (κ2) is 3.05. The highest BCUT2D eigenvalue weighted by atomic mass is 16.4. The van der Waals surface area contributed by atoms with Gasteiger partial charge < -0.3 is 10.8 Å². The molecule has 3 nitrogen and oxygen atoms in total. The van der Waals surface area contributed by atoms with Gasteiger partial charge in [-0.3, -0.25) is 4.79 Å². The van der Waals surface area contributed by atoms with Crippen LogP contribution in [0, 0.1) is 11.3 Å². The van der Waals surface area contributed by atoms with Gasteiger partial charge in [-0.15, -0.1) is 0 Å². The van der Waals surface area contributed by atoms with Crippen LogP contribution in [0.15, 0.2) is 0 Å². The van der Waals surface area contributed by atoms with Crippen molar-refractivity contribution < 1.29 is 9.90 Å². The normalized spacial score (nSPS) is 24.6. The molecule has 0 aliphatic heterocycles. The summed E-state index contributed by atoms with van der Waals surface area (Å²) in [6.07, 6.45) is 2.88. The predicted octanol–water partition coefficient (Wildman–Crippen LogP) is 1.22. The van der Waals surface area contributed by atoms with Crippen LogP contribution in [0.5, 0.6) is 0 Å². The first-order chi connectivity index (χ1) is 5.41. The zero-order chi connectivity index (χ0) is 9.35. The van der Waals surface area contributed by atoms with Gasteiger partial charge >= 0.3 is 5.97 Å². The van der Waals surface area contributed by atoms with Crippen LogP contribution in [0.25, 0.3) is 0 Å². The van der Waals surface area contributed by atoms with E-state index in [1.54, 1.807) is 0 Å². The Kier molecular flexibility index (Phi) is 2.42. The number of hydrogen-bond acceptors (Lipinski definition) is 2. The number of carbonyl (C=O) groups is 1. The Hall–Kier alpha value is -0.570. The highest BCUT2D eigenvalue weighted by molar-refractivity contribution is 5.73. The van der Waals surface area contributed by atoms with Gasteiger partial charge in [-0.05, 0) is 30.6 Å². The van der Waals surface area contributed by atoms with Gasteiger partial charge in [0.2, 0.25) is 0 Å². The summed E-state index contributed by atoms with van der Waals surface area (Å²) < 4.78 is 0. The summed E-state index contributed by atoms with van der Waals surface area (Å²) in [5, 5.41) is 8.56. The molecule has 0 heterocycles. The third kappa shape index (κ3) is 2.21. The number of carboxylic acid groups (broad SMARTS) is 1. The van der Waals surface area contributed by atoms with Crippen LogP contribution >= 0.6 is 0 Å². The van der Waals surface area contributed by atoms with Crippen LogP contribution in [0.3, 0.4) is 0 Å². The quantitative estimate of drug-likeness (QED) is 0.671. The molecule has 70 valence electrons. The number of nitrogens with two attached hydrogens (primary N) is 1. The minimum atomic E-state index is -0.875. The molecule has 0 unspecified atom stereocenters. The van der Waals surface area contributed by atoms with Crippen LogP contribution in [0.2, 0.25) is 0 Å². The zero-order valence-electron chi connectivity index (χ0n) is 7.71. The van der Waals surface area contributed by atoms with E-state index in [0.717, 1.165) is 12.8 Å². The summed E-state index contributed by atoms with van der Waals surface area (Å²) >= 11 is 0. The molecule has 1 aliphatic carbocycles. The Morgan fingerprint density at radius 3 is 2.50 bits per heavy atom. The summed E-state index contributed by atoms with van der Waals surface area (Å²) in [5.74, 6) is -0.342. The molecule has 0 aromatic carbocycles. The molecule has 1 rings (SSSR count). The number of aliphatic carboxylic acids is 1. The monoisotopic (exact) mass is 171 g/mol. The summed E-state index contributed by atoms with van der Waals surface area (Å²) in [6.45, 7) is 4.41. The van der Waals surface area contributed by atoms with Crippen molar-refractivity contribution in [1.82, 2.24) is 0 Å². The molecule has 0 aromatic rings. The molecule has 0 saturated heterocycles. The Labute approximate surface area is 72.9 Å². The maximum Gasteiger partial charge on any atom is 0.320 e. The maximum atomic E-state index is 10.4. The Morgan fingerprint density at radius 2 is 2.17 bits per heavy atom. The lowest BCUT2D eigenvalue weighted by molar-refractivity contribution is -0.139. The van der Waals surface area contributed by atoms with Crippen molar-refractivity contribution in [3.05, 3.63) is 0 Å². The third-order valence-electron chi connectivity index (χ3n) is 2.59. The minimum Gasteiger partial charge on any atom is -0.480 e. The molecule has 1 atom stereocenters. The highest BCUT2D eigenvalue weighted by Crippen LogP contribution is 2.46. The smallest absolute Gasteiger partial charge is 0.320 e. The third-order valence-corrected chi connectivity index (χ3v) is 2.59. The topological polar surface area (TPSA) is 63.3 Å². The van der Waals surface area contributed by atoms with Crippen molar-refractivity contribution in [2.75, 3.05) is 0 Å². The van der Waals surface area contributed by atoms with Gasteiger partial charge in [0.1, 0.15) is 6.04 Å². The van der Waals surface area contributed by atoms with Gasteiger partial charge in [-0.25, -0.2) is 0 Å². The summed E-state index contributed by atoms with van der Waals surface area (Å²) in [4.78, 5) is 10.4. The first-order valence-corrected chi connectivity index (χ1v) is 4.39. The number of rotatable bonds is 3.